The lowest BCUT2D eigenvalue weighted by Gasteiger charge is -2.29. The maximum atomic E-state index is 9.07. The van der Waals surface area contributed by atoms with Gasteiger partial charge in [0.25, 0.3) is 0 Å². The van der Waals surface area contributed by atoms with Crippen LogP contribution in [-0.4, -0.2) is 24.3 Å². The monoisotopic (exact) mass is 159 g/mol. The number of nitrogens with one attached hydrogen (secondary N) is 1. The van der Waals surface area contributed by atoms with E-state index in [1.807, 2.05) is 7.05 Å². The van der Waals surface area contributed by atoms with Crippen LogP contribution in [0.4, 0.5) is 0 Å². The van der Waals surface area contributed by atoms with E-state index in [2.05, 4.69) is 26.1 Å². The molecule has 0 spiro atoms. The molecular weight excluding hydrogens is 138 g/mol. The second-order valence-corrected chi connectivity index (χ2v) is 3.69. The van der Waals surface area contributed by atoms with Crippen LogP contribution >= 0.6 is 0 Å². The lowest BCUT2D eigenvalue weighted by atomic mass is 9.89. The number of likely N-dealkylation sites (N-methyl/N-ethyl adjacent to an activating group) is 1. The summed E-state index contributed by atoms with van der Waals surface area (Å²) in [4.78, 5) is 0. The van der Waals surface area contributed by atoms with Crippen molar-refractivity contribution in [3.63, 3.8) is 0 Å². The Balaban J connectivity index is 3.86. The Labute approximate surface area is 70.0 Å². The van der Waals surface area contributed by atoms with Crippen LogP contribution in [0.3, 0.4) is 0 Å². The Morgan fingerprint density at radius 1 is 1.55 bits per heavy atom. The molecule has 0 aliphatic heterocycles. The minimum absolute atomic E-state index is 0.0879. The SMILES string of the molecule is CC[C@@H](C)CC(C)(CO)NC. The quantitative estimate of drug-likeness (QED) is 0.635. The van der Waals surface area contributed by atoms with E-state index in [-0.39, 0.29) is 12.1 Å². The Bertz CT molecular complexity index is 99.7. The molecule has 0 amide bonds. The molecule has 2 atom stereocenters. The van der Waals surface area contributed by atoms with E-state index < -0.39 is 0 Å². The molecule has 0 heterocycles. The van der Waals surface area contributed by atoms with Gasteiger partial charge in [-0.05, 0) is 26.3 Å². The molecule has 0 saturated carbocycles. The molecule has 2 heteroatoms. The van der Waals surface area contributed by atoms with E-state index in [0.29, 0.717) is 5.92 Å². The van der Waals surface area contributed by atoms with Crippen molar-refractivity contribution in [2.24, 2.45) is 5.92 Å². The van der Waals surface area contributed by atoms with Gasteiger partial charge >= 0.3 is 0 Å². The maximum Gasteiger partial charge on any atom is 0.0610 e. The molecule has 2 nitrogen and oxygen atoms in total. The first-order chi connectivity index (χ1) is 5.08. The Hall–Kier alpha value is -0.0800. The fraction of sp³-hybridized carbons (Fsp3) is 1.00. The normalized spacial score (nSPS) is 19.4. The highest BCUT2D eigenvalue weighted by atomic mass is 16.3. The van der Waals surface area contributed by atoms with Crippen molar-refractivity contribution in [1.82, 2.24) is 5.32 Å². The van der Waals surface area contributed by atoms with Crippen LogP contribution in [0.15, 0.2) is 0 Å². The molecule has 11 heavy (non-hydrogen) atoms. The molecule has 68 valence electrons. The predicted octanol–water partition coefficient (Wildman–Crippen LogP) is 1.39. The molecule has 0 aromatic heterocycles. The summed E-state index contributed by atoms with van der Waals surface area (Å²) >= 11 is 0. The number of hydrogen-bond donors (Lipinski definition) is 2. The highest BCUT2D eigenvalue weighted by Gasteiger charge is 2.22. The highest BCUT2D eigenvalue weighted by molar-refractivity contribution is 4.81. The van der Waals surface area contributed by atoms with E-state index >= 15 is 0 Å². The molecule has 0 aromatic rings. The van der Waals surface area contributed by atoms with Gasteiger partial charge in [-0.1, -0.05) is 20.3 Å². The molecule has 0 saturated heterocycles. The minimum Gasteiger partial charge on any atom is -0.394 e. The third-order valence-electron chi connectivity index (χ3n) is 2.45. The van der Waals surface area contributed by atoms with Crippen molar-refractivity contribution in [2.45, 2.75) is 39.2 Å². The predicted molar refractivity (Wildman–Crippen MR) is 48.6 cm³/mol. The zero-order valence-electron chi connectivity index (χ0n) is 8.15. The lowest BCUT2D eigenvalue weighted by Crippen LogP contribution is -2.44. The second kappa shape index (κ2) is 4.73. The van der Waals surface area contributed by atoms with E-state index in [9.17, 15) is 0 Å². The third kappa shape index (κ3) is 3.73. The maximum absolute atomic E-state index is 9.07. The molecule has 0 bridgehead atoms. The van der Waals surface area contributed by atoms with Gasteiger partial charge in [0.2, 0.25) is 0 Å². The largest absolute Gasteiger partial charge is 0.394 e. The number of aliphatic hydroxyl groups is 1. The third-order valence-corrected chi connectivity index (χ3v) is 2.45. The summed E-state index contributed by atoms with van der Waals surface area (Å²) in [5.41, 5.74) is -0.0879. The van der Waals surface area contributed by atoms with E-state index in [0.717, 1.165) is 6.42 Å². The van der Waals surface area contributed by atoms with Crippen molar-refractivity contribution < 1.29 is 5.11 Å². The Morgan fingerprint density at radius 2 is 2.09 bits per heavy atom. The zero-order valence-corrected chi connectivity index (χ0v) is 8.15. The number of rotatable bonds is 5. The molecule has 2 N–H and O–H groups in total. The standard InChI is InChI=1S/C9H21NO/c1-5-8(2)6-9(3,7-11)10-4/h8,10-11H,5-7H2,1-4H3/t8-,9?/m1/s1. The van der Waals surface area contributed by atoms with Crippen molar-refractivity contribution >= 4 is 0 Å². The van der Waals surface area contributed by atoms with Gasteiger partial charge in [0.05, 0.1) is 6.61 Å². The lowest BCUT2D eigenvalue weighted by molar-refractivity contribution is 0.157. The van der Waals surface area contributed by atoms with Crippen molar-refractivity contribution in [2.75, 3.05) is 13.7 Å². The van der Waals surface area contributed by atoms with Crippen molar-refractivity contribution in [3.8, 4) is 0 Å². The zero-order chi connectivity index (χ0) is 8.91. The minimum atomic E-state index is -0.0879. The van der Waals surface area contributed by atoms with Crippen LogP contribution in [-0.2, 0) is 0 Å². The first kappa shape index (κ1) is 10.9. The summed E-state index contributed by atoms with van der Waals surface area (Å²) in [5, 5.41) is 12.2. The van der Waals surface area contributed by atoms with Crippen molar-refractivity contribution in [3.05, 3.63) is 0 Å². The summed E-state index contributed by atoms with van der Waals surface area (Å²) < 4.78 is 0. The first-order valence-corrected chi connectivity index (χ1v) is 4.37. The summed E-state index contributed by atoms with van der Waals surface area (Å²) in [6.07, 6.45) is 2.22. The van der Waals surface area contributed by atoms with E-state index in [1.54, 1.807) is 0 Å². The fourth-order valence-electron chi connectivity index (χ4n) is 1.16. The van der Waals surface area contributed by atoms with Gasteiger partial charge in [0.15, 0.2) is 0 Å². The van der Waals surface area contributed by atoms with Crippen LogP contribution in [0.1, 0.15) is 33.6 Å². The van der Waals surface area contributed by atoms with Gasteiger partial charge < -0.3 is 10.4 Å². The van der Waals surface area contributed by atoms with Crippen LogP contribution in [0.5, 0.6) is 0 Å². The second-order valence-electron chi connectivity index (χ2n) is 3.69. The first-order valence-electron chi connectivity index (χ1n) is 4.37. The summed E-state index contributed by atoms with van der Waals surface area (Å²) in [6, 6.07) is 0. The van der Waals surface area contributed by atoms with E-state index in [4.69, 9.17) is 5.11 Å². The molecular formula is C9H21NO. The molecule has 0 fully saturated rings. The average molecular weight is 159 g/mol. The molecule has 0 aliphatic carbocycles. The molecule has 1 unspecified atom stereocenters. The van der Waals surface area contributed by atoms with Gasteiger partial charge in [0, 0.05) is 5.54 Å². The smallest absolute Gasteiger partial charge is 0.0610 e. The van der Waals surface area contributed by atoms with Crippen molar-refractivity contribution in [1.29, 1.82) is 0 Å². The Morgan fingerprint density at radius 3 is 2.36 bits per heavy atom. The topological polar surface area (TPSA) is 32.3 Å². The van der Waals surface area contributed by atoms with Gasteiger partial charge in [-0.15, -0.1) is 0 Å². The van der Waals surface area contributed by atoms with Crippen LogP contribution < -0.4 is 5.32 Å². The van der Waals surface area contributed by atoms with Gasteiger partial charge in [0.1, 0.15) is 0 Å². The molecule has 0 aliphatic rings. The van der Waals surface area contributed by atoms with E-state index in [1.165, 1.54) is 6.42 Å². The van der Waals surface area contributed by atoms with Gasteiger partial charge in [-0.25, -0.2) is 0 Å². The summed E-state index contributed by atoms with van der Waals surface area (Å²) in [5.74, 6) is 0.680. The van der Waals surface area contributed by atoms with Gasteiger partial charge in [-0.2, -0.15) is 0 Å². The highest BCUT2D eigenvalue weighted by Crippen LogP contribution is 2.17. The number of hydrogen-bond acceptors (Lipinski definition) is 2. The summed E-state index contributed by atoms with van der Waals surface area (Å²) in [6.45, 7) is 6.66. The Kier molecular flexibility index (Phi) is 4.69. The molecule has 0 radical (unpaired) electrons. The van der Waals surface area contributed by atoms with Crippen LogP contribution in [0.2, 0.25) is 0 Å². The number of aliphatic hydroxyl groups excluding tert-OH is 1. The summed E-state index contributed by atoms with van der Waals surface area (Å²) in [7, 11) is 1.90. The van der Waals surface area contributed by atoms with Gasteiger partial charge in [-0.3, -0.25) is 0 Å². The molecule has 0 aromatic carbocycles. The fourth-order valence-corrected chi connectivity index (χ4v) is 1.16. The average Bonchev–Trinajstić information content (AvgIpc) is 2.04. The van der Waals surface area contributed by atoms with Crippen LogP contribution in [0.25, 0.3) is 0 Å². The molecule has 0 rings (SSSR count). The van der Waals surface area contributed by atoms with Crippen LogP contribution in [0, 0.1) is 5.92 Å².